The first-order chi connectivity index (χ1) is 18.3. The molecule has 0 saturated carbocycles. The van der Waals surface area contributed by atoms with Crippen LogP contribution in [0.5, 0.6) is 17.2 Å². The average Bonchev–Trinajstić information content (AvgIpc) is 2.92. The first-order valence-corrected chi connectivity index (χ1v) is 12.3. The molecule has 38 heavy (non-hydrogen) atoms. The van der Waals surface area contributed by atoms with Crippen molar-refractivity contribution in [2.24, 2.45) is 0 Å². The molecule has 0 saturated heterocycles. The molecule has 11 heteroatoms. The number of nitrogens with one attached hydrogen (secondary N) is 3. The van der Waals surface area contributed by atoms with E-state index in [0.717, 1.165) is 4.47 Å². The van der Waals surface area contributed by atoms with Gasteiger partial charge in [-0.2, -0.15) is 0 Å². The van der Waals surface area contributed by atoms with E-state index in [1.165, 1.54) is 0 Å². The van der Waals surface area contributed by atoms with Gasteiger partial charge in [0, 0.05) is 28.6 Å². The quantitative estimate of drug-likeness (QED) is 0.225. The molecule has 3 N–H and O–H groups in total. The van der Waals surface area contributed by atoms with Crippen molar-refractivity contribution in [2.75, 3.05) is 19.0 Å². The minimum Gasteiger partial charge on any atom is -0.493 e. The van der Waals surface area contributed by atoms with Crippen LogP contribution >= 0.6 is 15.9 Å². The number of ether oxygens (including phenoxy) is 3. The highest BCUT2D eigenvalue weighted by Crippen LogP contribution is 2.31. The molecule has 198 valence electrons. The lowest BCUT2D eigenvalue weighted by molar-refractivity contribution is -0.148. The largest absolute Gasteiger partial charge is 0.493 e. The van der Waals surface area contributed by atoms with Gasteiger partial charge in [-0.15, -0.1) is 0 Å². The van der Waals surface area contributed by atoms with E-state index in [1.54, 1.807) is 67.8 Å². The molecule has 3 aromatic carbocycles. The van der Waals surface area contributed by atoms with E-state index in [9.17, 15) is 19.2 Å². The zero-order valence-corrected chi connectivity index (χ0v) is 22.1. The highest BCUT2D eigenvalue weighted by Gasteiger charge is 2.11. The van der Waals surface area contributed by atoms with Crippen LogP contribution in [-0.4, -0.2) is 37.4 Å². The summed E-state index contributed by atoms with van der Waals surface area (Å²) in [5.41, 5.74) is 5.32. The van der Waals surface area contributed by atoms with E-state index in [0.29, 0.717) is 28.5 Å². The predicted octanol–water partition coefficient (Wildman–Crippen LogP) is 4.36. The normalized spacial score (nSPS) is 10.2. The monoisotopic (exact) mass is 583 g/mol. The number of halogens is 1. The molecule has 0 bridgehead atoms. The number of para-hydroxylation sites is 2. The number of methoxy groups -OCH3 is 1. The average molecular weight is 584 g/mol. The topological polar surface area (TPSA) is 132 Å². The minimum absolute atomic E-state index is 0.0440. The molecule has 0 unspecified atom stereocenters. The SMILES string of the molecule is COc1ccccc1Oc1ccc(NC(=O)CCCC(=O)OCC(=O)NNC(=O)c2ccc(Br)cc2)cc1. The van der Waals surface area contributed by atoms with Crippen molar-refractivity contribution in [2.45, 2.75) is 19.3 Å². The summed E-state index contributed by atoms with van der Waals surface area (Å²) in [6, 6.07) is 20.6. The highest BCUT2D eigenvalue weighted by molar-refractivity contribution is 9.10. The fourth-order valence-corrected chi connectivity index (χ4v) is 3.37. The summed E-state index contributed by atoms with van der Waals surface area (Å²) in [5, 5.41) is 2.75. The van der Waals surface area contributed by atoms with Crippen molar-refractivity contribution >= 4 is 45.3 Å². The highest BCUT2D eigenvalue weighted by atomic mass is 79.9. The van der Waals surface area contributed by atoms with Crippen molar-refractivity contribution < 1.29 is 33.4 Å². The molecule has 0 spiro atoms. The molecule has 0 radical (unpaired) electrons. The number of hydrogen-bond donors (Lipinski definition) is 3. The first-order valence-electron chi connectivity index (χ1n) is 11.5. The van der Waals surface area contributed by atoms with Crippen LogP contribution in [0.2, 0.25) is 0 Å². The number of carbonyl (C=O) groups excluding carboxylic acids is 4. The van der Waals surface area contributed by atoms with Crippen LogP contribution in [0.3, 0.4) is 0 Å². The van der Waals surface area contributed by atoms with Crippen LogP contribution in [0.4, 0.5) is 5.69 Å². The summed E-state index contributed by atoms with van der Waals surface area (Å²) in [6.07, 6.45) is 0.281. The smallest absolute Gasteiger partial charge is 0.306 e. The Bertz CT molecular complexity index is 1260. The number of benzene rings is 3. The fourth-order valence-electron chi connectivity index (χ4n) is 3.11. The van der Waals surface area contributed by atoms with Crippen LogP contribution in [-0.2, 0) is 19.1 Å². The van der Waals surface area contributed by atoms with Gasteiger partial charge in [0.15, 0.2) is 18.1 Å². The molecular weight excluding hydrogens is 558 g/mol. The lowest BCUT2D eigenvalue weighted by Gasteiger charge is -2.11. The zero-order valence-electron chi connectivity index (χ0n) is 20.5. The van der Waals surface area contributed by atoms with Gasteiger partial charge in [-0.3, -0.25) is 30.0 Å². The van der Waals surface area contributed by atoms with E-state index in [-0.39, 0.29) is 25.2 Å². The van der Waals surface area contributed by atoms with Gasteiger partial charge in [0.05, 0.1) is 7.11 Å². The Morgan fingerprint density at radius 1 is 0.789 bits per heavy atom. The summed E-state index contributed by atoms with van der Waals surface area (Å²) < 4.78 is 16.8. The lowest BCUT2D eigenvalue weighted by Crippen LogP contribution is -2.43. The van der Waals surface area contributed by atoms with E-state index in [4.69, 9.17) is 14.2 Å². The second-order valence-corrected chi connectivity index (χ2v) is 8.76. The fraction of sp³-hybridized carbons (Fsp3) is 0.185. The Hall–Kier alpha value is -4.38. The van der Waals surface area contributed by atoms with E-state index in [2.05, 4.69) is 32.1 Å². The third kappa shape index (κ3) is 9.25. The third-order valence-electron chi connectivity index (χ3n) is 5.01. The third-order valence-corrected chi connectivity index (χ3v) is 5.53. The van der Waals surface area contributed by atoms with Crippen molar-refractivity contribution in [3.63, 3.8) is 0 Å². The second-order valence-electron chi connectivity index (χ2n) is 7.85. The predicted molar refractivity (Wildman–Crippen MR) is 143 cm³/mol. The van der Waals surface area contributed by atoms with Crippen LogP contribution in [0.1, 0.15) is 29.6 Å². The summed E-state index contributed by atoms with van der Waals surface area (Å²) in [5.74, 6) is -0.364. The number of anilines is 1. The molecule has 0 aliphatic carbocycles. The van der Waals surface area contributed by atoms with Gasteiger partial charge >= 0.3 is 5.97 Å². The van der Waals surface area contributed by atoms with Crippen molar-refractivity contribution in [1.29, 1.82) is 0 Å². The van der Waals surface area contributed by atoms with Gasteiger partial charge in [0.1, 0.15) is 5.75 Å². The van der Waals surface area contributed by atoms with Gasteiger partial charge < -0.3 is 19.5 Å². The van der Waals surface area contributed by atoms with Crippen molar-refractivity contribution in [3.05, 3.63) is 82.8 Å². The Morgan fingerprint density at radius 2 is 1.47 bits per heavy atom. The van der Waals surface area contributed by atoms with Crippen molar-refractivity contribution in [3.8, 4) is 17.2 Å². The molecule has 3 amide bonds. The zero-order chi connectivity index (χ0) is 27.3. The number of hydrazine groups is 1. The molecule has 0 fully saturated rings. The van der Waals surface area contributed by atoms with Crippen molar-refractivity contribution in [1.82, 2.24) is 10.9 Å². The number of carbonyl (C=O) groups is 4. The maximum Gasteiger partial charge on any atom is 0.306 e. The molecule has 10 nitrogen and oxygen atoms in total. The molecule has 0 aromatic heterocycles. The van der Waals surface area contributed by atoms with Crippen LogP contribution in [0.15, 0.2) is 77.3 Å². The van der Waals surface area contributed by atoms with Gasteiger partial charge in [0.25, 0.3) is 11.8 Å². The summed E-state index contributed by atoms with van der Waals surface area (Å²) in [6.45, 7) is -0.561. The second kappa shape index (κ2) is 14.4. The standard InChI is InChI=1S/C27H26BrN3O7/c1-36-22-5-2-3-6-23(22)38-21-15-13-20(14-16-21)29-24(32)7-4-8-26(34)37-17-25(33)30-31-27(35)18-9-11-19(28)12-10-18/h2-3,5-6,9-16H,4,7-8,17H2,1H3,(H,29,32)(H,30,33)(H,31,35). The molecule has 3 rings (SSSR count). The molecular formula is C27H26BrN3O7. The number of esters is 1. The Kier molecular flexibility index (Phi) is 10.7. The number of rotatable bonds is 11. The van der Waals surface area contributed by atoms with E-state index in [1.807, 2.05) is 12.1 Å². The molecule has 0 aliphatic heterocycles. The molecule has 0 aliphatic rings. The van der Waals surface area contributed by atoms with Gasteiger partial charge in [-0.05, 0) is 67.1 Å². The maximum atomic E-state index is 12.2. The molecule has 3 aromatic rings. The maximum absolute atomic E-state index is 12.2. The Morgan fingerprint density at radius 3 is 2.16 bits per heavy atom. The lowest BCUT2D eigenvalue weighted by atomic mass is 10.2. The number of hydrogen-bond acceptors (Lipinski definition) is 7. The first kappa shape index (κ1) is 28.2. The van der Waals surface area contributed by atoms with Crippen LogP contribution < -0.4 is 25.6 Å². The Balaban J connectivity index is 1.30. The van der Waals surface area contributed by atoms with E-state index < -0.39 is 24.4 Å². The van der Waals surface area contributed by atoms with Gasteiger partial charge in [0.2, 0.25) is 5.91 Å². The number of amides is 3. The molecule has 0 heterocycles. The molecule has 0 atom stereocenters. The Labute approximate surface area is 227 Å². The van der Waals surface area contributed by atoms with Crippen LogP contribution in [0.25, 0.3) is 0 Å². The minimum atomic E-state index is -0.695. The summed E-state index contributed by atoms with van der Waals surface area (Å²) in [7, 11) is 1.56. The van der Waals surface area contributed by atoms with Gasteiger partial charge in [-0.25, -0.2) is 0 Å². The summed E-state index contributed by atoms with van der Waals surface area (Å²) in [4.78, 5) is 47.8. The van der Waals surface area contributed by atoms with E-state index >= 15 is 0 Å². The van der Waals surface area contributed by atoms with Gasteiger partial charge in [-0.1, -0.05) is 28.1 Å². The summed E-state index contributed by atoms with van der Waals surface area (Å²) >= 11 is 3.27. The van der Waals surface area contributed by atoms with Crippen LogP contribution in [0, 0.1) is 0 Å².